The number of amides is 1. The quantitative estimate of drug-likeness (QED) is 0.889. The number of H-pyrrole nitrogens is 1. The third-order valence-corrected chi connectivity index (χ3v) is 5.32. The number of hydrogen-bond acceptors (Lipinski definition) is 3. The zero-order valence-corrected chi connectivity index (χ0v) is 13.2. The topological polar surface area (TPSA) is 59.6 Å². The fourth-order valence-corrected chi connectivity index (χ4v) is 3.97. The number of carbonyl (C=O) groups is 1. The molecule has 1 aliphatic carbocycles. The first kappa shape index (κ1) is 14.7. The van der Waals surface area contributed by atoms with Gasteiger partial charge in [-0.15, -0.1) is 0 Å². The van der Waals surface area contributed by atoms with Crippen LogP contribution in [-0.4, -0.2) is 64.1 Å². The number of fused-ring (bicyclic) bond motifs is 1. The van der Waals surface area contributed by atoms with Gasteiger partial charge in [0.25, 0.3) is 5.91 Å². The van der Waals surface area contributed by atoms with Gasteiger partial charge < -0.3 is 15.0 Å². The SMILES string of the molecule is O=C(c1ccc2cc[nH]c2c1)N1CCN(C2CCCC2O)CC1. The van der Waals surface area contributed by atoms with E-state index >= 15 is 0 Å². The zero-order valence-electron chi connectivity index (χ0n) is 13.2. The largest absolute Gasteiger partial charge is 0.391 e. The molecular weight excluding hydrogens is 290 g/mol. The molecule has 5 heteroatoms. The molecule has 5 nitrogen and oxygen atoms in total. The molecule has 2 N–H and O–H groups in total. The van der Waals surface area contributed by atoms with Crippen molar-refractivity contribution in [2.75, 3.05) is 26.2 Å². The van der Waals surface area contributed by atoms with Gasteiger partial charge in [0.15, 0.2) is 0 Å². The Morgan fingerprint density at radius 2 is 1.96 bits per heavy atom. The van der Waals surface area contributed by atoms with Crippen LogP contribution in [0.1, 0.15) is 29.6 Å². The summed E-state index contributed by atoms with van der Waals surface area (Å²) in [5.74, 6) is 0.105. The van der Waals surface area contributed by atoms with Crippen molar-refractivity contribution in [3.63, 3.8) is 0 Å². The lowest BCUT2D eigenvalue weighted by Crippen LogP contribution is -2.53. The third kappa shape index (κ3) is 2.75. The Hall–Kier alpha value is -1.85. The molecule has 2 aliphatic rings. The molecule has 122 valence electrons. The molecule has 2 fully saturated rings. The Bertz CT molecular complexity index is 703. The minimum atomic E-state index is -0.187. The van der Waals surface area contributed by atoms with Crippen LogP contribution in [0.15, 0.2) is 30.5 Å². The fourth-order valence-electron chi connectivity index (χ4n) is 3.97. The summed E-state index contributed by atoms with van der Waals surface area (Å²) in [4.78, 5) is 20.2. The number of nitrogens with zero attached hydrogens (tertiary/aromatic N) is 2. The molecule has 0 radical (unpaired) electrons. The smallest absolute Gasteiger partial charge is 0.254 e. The van der Waals surface area contributed by atoms with Gasteiger partial charge in [0.2, 0.25) is 0 Å². The first-order valence-corrected chi connectivity index (χ1v) is 8.51. The lowest BCUT2D eigenvalue weighted by molar-refractivity contribution is 0.0315. The van der Waals surface area contributed by atoms with E-state index in [4.69, 9.17) is 0 Å². The molecule has 2 unspecified atom stereocenters. The highest BCUT2D eigenvalue weighted by Gasteiger charge is 2.33. The van der Waals surface area contributed by atoms with Crippen molar-refractivity contribution in [1.82, 2.24) is 14.8 Å². The number of aromatic nitrogens is 1. The van der Waals surface area contributed by atoms with Gasteiger partial charge in [0, 0.05) is 49.5 Å². The van der Waals surface area contributed by atoms with Gasteiger partial charge in [0.05, 0.1) is 6.10 Å². The Morgan fingerprint density at radius 1 is 1.13 bits per heavy atom. The van der Waals surface area contributed by atoms with Crippen LogP contribution in [0, 0.1) is 0 Å². The van der Waals surface area contributed by atoms with Gasteiger partial charge in [0.1, 0.15) is 0 Å². The van der Waals surface area contributed by atoms with E-state index in [1.165, 1.54) is 0 Å². The highest BCUT2D eigenvalue weighted by molar-refractivity contribution is 5.98. The molecular formula is C18H23N3O2. The first-order chi connectivity index (χ1) is 11.2. The Morgan fingerprint density at radius 3 is 2.70 bits per heavy atom. The monoisotopic (exact) mass is 313 g/mol. The van der Waals surface area contributed by atoms with E-state index in [0.717, 1.165) is 61.9 Å². The van der Waals surface area contributed by atoms with Gasteiger partial charge in [-0.05, 0) is 42.8 Å². The first-order valence-electron chi connectivity index (χ1n) is 8.51. The van der Waals surface area contributed by atoms with Crippen LogP contribution in [0.5, 0.6) is 0 Å². The van der Waals surface area contributed by atoms with Crippen molar-refractivity contribution >= 4 is 16.8 Å². The molecule has 0 spiro atoms. The Kier molecular flexibility index (Phi) is 3.83. The number of benzene rings is 1. The van der Waals surface area contributed by atoms with Gasteiger partial charge in [-0.2, -0.15) is 0 Å². The van der Waals surface area contributed by atoms with Gasteiger partial charge in [-0.1, -0.05) is 6.07 Å². The Balaban J connectivity index is 1.42. The van der Waals surface area contributed by atoms with Crippen LogP contribution in [0.3, 0.4) is 0 Å². The number of aromatic amines is 1. The summed E-state index contributed by atoms with van der Waals surface area (Å²) in [5.41, 5.74) is 1.75. The van der Waals surface area contributed by atoms with Crippen LogP contribution in [-0.2, 0) is 0 Å². The second-order valence-corrected chi connectivity index (χ2v) is 6.67. The number of nitrogens with one attached hydrogen (secondary N) is 1. The third-order valence-electron chi connectivity index (χ3n) is 5.32. The molecule has 1 saturated heterocycles. The number of rotatable bonds is 2. The zero-order chi connectivity index (χ0) is 15.8. The van der Waals surface area contributed by atoms with E-state index in [2.05, 4.69) is 9.88 Å². The summed E-state index contributed by atoms with van der Waals surface area (Å²) in [6.07, 6.45) is 4.82. The standard InChI is InChI=1S/C18H23N3O2/c22-17-3-1-2-16(17)20-8-10-21(11-9-20)18(23)14-5-4-13-6-7-19-15(13)12-14/h4-7,12,16-17,19,22H,1-3,8-11H2. The van der Waals surface area contributed by atoms with Gasteiger partial charge in [-0.3, -0.25) is 9.69 Å². The van der Waals surface area contributed by atoms with Gasteiger partial charge >= 0.3 is 0 Å². The average Bonchev–Trinajstić information content (AvgIpc) is 3.22. The van der Waals surface area contributed by atoms with Crippen molar-refractivity contribution in [3.8, 4) is 0 Å². The molecule has 1 aromatic carbocycles. The van der Waals surface area contributed by atoms with E-state index < -0.39 is 0 Å². The van der Waals surface area contributed by atoms with E-state index in [1.54, 1.807) is 0 Å². The van der Waals surface area contributed by atoms with E-state index in [9.17, 15) is 9.90 Å². The molecule has 1 saturated carbocycles. The second-order valence-electron chi connectivity index (χ2n) is 6.67. The summed E-state index contributed by atoms with van der Waals surface area (Å²) in [5, 5.41) is 11.2. The van der Waals surface area contributed by atoms with Crippen LogP contribution < -0.4 is 0 Å². The number of piperazine rings is 1. The molecule has 1 aliphatic heterocycles. The van der Waals surface area contributed by atoms with Crippen molar-refractivity contribution in [2.24, 2.45) is 0 Å². The van der Waals surface area contributed by atoms with Crippen molar-refractivity contribution < 1.29 is 9.90 Å². The highest BCUT2D eigenvalue weighted by atomic mass is 16.3. The number of carbonyl (C=O) groups excluding carboxylic acids is 1. The maximum Gasteiger partial charge on any atom is 0.254 e. The average molecular weight is 313 g/mol. The highest BCUT2D eigenvalue weighted by Crippen LogP contribution is 2.25. The van der Waals surface area contributed by atoms with Crippen molar-refractivity contribution in [3.05, 3.63) is 36.0 Å². The van der Waals surface area contributed by atoms with Crippen molar-refractivity contribution in [2.45, 2.75) is 31.4 Å². The number of hydrogen-bond donors (Lipinski definition) is 2. The molecule has 2 atom stereocenters. The van der Waals surface area contributed by atoms with Crippen molar-refractivity contribution in [1.29, 1.82) is 0 Å². The minimum absolute atomic E-state index is 0.105. The Labute approximate surface area is 135 Å². The lowest BCUT2D eigenvalue weighted by Gasteiger charge is -2.39. The van der Waals surface area contributed by atoms with Crippen LogP contribution in [0.2, 0.25) is 0 Å². The minimum Gasteiger partial charge on any atom is -0.391 e. The fraction of sp³-hybridized carbons (Fsp3) is 0.500. The summed E-state index contributed by atoms with van der Waals surface area (Å²) >= 11 is 0. The van der Waals surface area contributed by atoms with Gasteiger partial charge in [-0.25, -0.2) is 0 Å². The molecule has 2 aromatic rings. The summed E-state index contributed by atoms with van der Waals surface area (Å²) < 4.78 is 0. The normalized spacial score (nSPS) is 26.0. The van der Waals surface area contributed by atoms with E-state index in [0.29, 0.717) is 6.04 Å². The summed E-state index contributed by atoms with van der Waals surface area (Å²) in [7, 11) is 0. The summed E-state index contributed by atoms with van der Waals surface area (Å²) in [6.45, 7) is 3.20. The molecule has 1 amide bonds. The maximum absolute atomic E-state index is 12.7. The van der Waals surface area contributed by atoms with Crippen LogP contribution >= 0.6 is 0 Å². The summed E-state index contributed by atoms with van der Waals surface area (Å²) in [6, 6.07) is 8.14. The van der Waals surface area contributed by atoms with E-state index in [1.807, 2.05) is 35.4 Å². The van der Waals surface area contributed by atoms with E-state index in [-0.39, 0.29) is 12.0 Å². The molecule has 4 rings (SSSR count). The molecule has 23 heavy (non-hydrogen) atoms. The molecule has 1 aromatic heterocycles. The number of aliphatic hydroxyl groups excluding tert-OH is 1. The van der Waals surface area contributed by atoms with Crippen LogP contribution in [0.4, 0.5) is 0 Å². The van der Waals surface area contributed by atoms with Crippen LogP contribution in [0.25, 0.3) is 10.9 Å². The predicted octanol–water partition coefficient (Wildman–Crippen LogP) is 1.84. The molecule has 0 bridgehead atoms. The predicted molar refractivity (Wildman–Crippen MR) is 89.4 cm³/mol. The lowest BCUT2D eigenvalue weighted by atomic mass is 10.1. The maximum atomic E-state index is 12.7. The number of aliphatic hydroxyl groups is 1. The second kappa shape index (κ2) is 5.98. The molecule has 2 heterocycles.